The number of likely N-dealkylation sites (tertiary alicyclic amines) is 2. The fourth-order valence-corrected chi connectivity index (χ4v) is 6.11. The van der Waals surface area contributed by atoms with E-state index in [1.807, 2.05) is 0 Å². The van der Waals surface area contributed by atoms with E-state index in [1.165, 1.54) is 9.80 Å². The number of nitrogens with zero attached hydrogens (tertiary/aromatic N) is 4. The Bertz CT molecular complexity index is 914. The number of carbonyl (C=O) groups is 4. The summed E-state index contributed by atoms with van der Waals surface area (Å²) in [6.07, 6.45) is 4.80. The van der Waals surface area contributed by atoms with Crippen molar-refractivity contribution in [1.29, 1.82) is 0 Å². The number of hydrogen-bond donors (Lipinski definition) is 0. The quantitative estimate of drug-likeness (QED) is 0.634. The highest BCUT2D eigenvalue weighted by molar-refractivity contribution is 6.24. The molecule has 182 valence electrons. The maximum atomic E-state index is 13.2. The SMILES string of the molecule is C[C@@H]1CCCN([C@@H]2CC(=O)N(c3ccc(N4C(=O)C[C@H](N5CCC[C@H](C)C5)C4=O)cc3)C2=O)C1. The molecule has 0 N–H and O–H groups in total. The monoisotopic (exact) mass is 466 g/mol. The van der Waals surface area contributed by atoms with Gasteiger partial charge in [0.25, 0.3) is 11.8 Å². The van der Waals surface area contributed by atoms with Crippen LogP contribution in [0.5, 0.6) is 0 Å². The van der Waals surface area contributed by atoms with Gasteiger partial charge in [-0.3, -0.25) is 29.0 Å². The van der Waals surface area contributed by atoms with Crippen LogP contribution >= 0.6 is 0 Å². The van der Waals surface area contributed by atoms with Crippen LogP contribution in [0.15, 0.2) is 24.3 Å². The maximum absolute atomic E-state index is 13.2. The largest absolute Gasteiger partial charge is 0.291 e. The van der Waals surface area contributed by atoms with Gasteiger partial charge >= 0.3 is 0 Å². The summed E-state index contributed by atoms with van der Waals surface area (Å²) in [5, 5.41) is 0. The van der Waals surface area contributed by atoms with Gasteiger partial charge in [0.2, 0.25) is 11.8 Å². The van der Waals surface area contributed by atoms with Gasteiger partial charge in [0.05, 0.1) is 36.3 Å². The molecule has 4 aliphatic rings. The van der Waals surface area contributed by atoms with Crippen LogP contribution < -0.4 is 9.80 Å². The molecule has 0 aromatic heterocycles. The highest BCUT2D eigenvalue weighted by atomic mass is 16.2. The molecule has 4 saturated heterocycles. The summed E-state index contributed by atoms with van der Waals surface area (Å²) in [5.74, 6) is 0.288. The first kappa shape index (κ1) is 23.2. The van der Waals surface area contributed by atoms with E-state index in [-0.39, 0.29) is 36.5 Å². The number of amides is 4. The molecule has 4 aliphatic heterocycles. The van der Waals surface area contributed by atoms with E-state index < -0.39 is 12.1 Å². The van der Waals surface area contributed by atoms with Gasteiger partial charge in [-0.05, 0) is 74.9 Å². The smallest absolute Gasteiger partial charge is 0.251 e. The molecule has 8 nitrogen and oxygen atoms in total. The normalized spacial score (nSPS) is 31.7. The lowest BCUT2D eigenvalue weighted by Crippen LogP contribution is -2.46. The third kappa shape index (κ3) is 4.18. The summed E-state index contributed by atoms with van der Waals surface area (Å²) in [7, 11) is 0. The van der Waals surface area contributed by atoms with Crippen molar-refractivity contribution in [2.45, 2.75) is 64.5 Å². The lowest BCUT2D eigenvalue weighted by atomic mass is 9.98. The number of hydrogen-bond acceptors (Lipinski definition) is 6. The fraction of sp³-hybridized carbons (Fsp3) is 0.615. The molecule has 4 atom stereocenters. The third-order valence-corrected chi connectivity index (χ3v) is 7.87. The molecule has 4 amide bonds. The first-order valence-corrected chi connectivity index (χ1v) is 12.6. The molecular formula is C26H34N4O4. The Kier molecular flexibility index (Phi) is 6.29. The van der Waals surface area contributed by atoms with Gasteiger partial charge in [-0.25, -0.2) is 9.80 Å². The zero-order valence-electron chi connectivity index (χ0n) is 20.1. The molecule has 0 bridgehead atoms. The van der Waals surface area contributed by atoms with Crippen LogP contribution in [0.2, 0.25) is 0 Å². The topological polar surface area (TPSA) is 81.2 Å². The van der Waals surface area contributed by atoms with Crippen molar-refractivity contribution < 1.29 is 19.2 Å². The Morgan fingerprint density at radius 2 is 1.03 bits per heavy atom. The number of carbonyl (C=O) groups excluding carboxylic acids is 4. The average Bonchev–Trinajstić information content (AvgIpc) is 3.28. The van der Waals surface area contributed by atoms with Gasteiger partial charge in [-0.1, -0.05) is 13.8 Å². The van der Waals surface area contributed by atoms with E-state index in [9.17, 15) is 19.2 Å². The lowest BCUT2D eigenvalue weighted by Gasteiger charge is -2.34. The number of imide groups is 2. The second-order valence-corrected chi connectivity index (χ2v) is 10.6. The van der Waals surface area contributed by atoms with Gasteiger partial charge in [0.1, 0.15) is 0 Å². The minimum Gasteiger partial charge on any atom is -0.291 e. The van der Waals surface area contributed by atoms with Crippen molar-refractivity contribution in [3.63, 3.8) is 0 Å². The molecule has 0 saturated carbocycles. The number of rotatable bonds is 4. The number of anilines is 2. The highest BCUT2D eigenvalue weighted by Gasteiger charge is 2.45. The van der Waals surface area contributed by atoms with E-state index in [0.717, 1.165) is 51.9 Å². The molecule has 4 heterocycles. The van der Waals surface area contributed by atoms with Crippen LogP contribution in [-0.2, 0) is 19.2 Å². The van der Waals surface area contributed by atoms with Gasteiger partial charge in [-0.15, -0.1) is 0 Å². The van der Waals surface area contributed by atoms with E-state index in [0.29, 0.717) is 23.2 Å². The molecule has 34 heavy (non-hydrogen) atoms. The molecule has 0 aliphatic carbocycles. The van der Waals surface area contributed by atoms with Crippen molar-refractivity contribution in [1.82, 2.24) is 9.80 Å². The van der Waals surface area contributed by atoms with E-state index in [1.54, 1.807) is 24.3 Å². The molecule has 8 heteroatoms. The fourth-order valence-electron chi connectivity index (χ4n) is 6.11. The summed E-state index contributed by atoms with van der Waals surface area (Å²) >= 11 is 0. The Labute approximate surface area is 200 Å². The second-order valence-electron chi connectivity index (χ2n) is 10.6. The van der Waals surface area contributed by atoms with Crippen LogP contribution in [0.25, 0.3) is 0 Å². The predicted molar refractivity (Wildman–Crippen MR) is 128 cm³/mol. The third-order valence-electron chi connectivity index (χ3n) is 7.87. The van der Waals surface area contributed by atoms with E-state index in [2.05, 4.69) is 23.6 Å². The van der Waals surface area contributed by atoms with Crippen molar-refractivity contribution in [3.8, 4) is 0 Å². The van der Waals surface area contributed by atoms with Crippen LogP contribution in [0.4, 0.5) is 11.4 Å². The van der Waals surface area contributed by atoms with Gasteiger partial charge in [0, 0.05) is 13.1 Å². The van der Waals surface area contributed by atoms with Crippen molar-refractivity contribution in [2.24, 2.45) is 11.8 Å². The van der Waals surface area contributed by atoms with Crippen LogP contribution in [0.3, 0.4) is 0 Å². The lowest BCUT2D eigenvalue weighted by molar-refractivity contribution is -0.124. The van der Waals surface area contributed by atoms with Crippen LogP contribution in [-0.4, -0.2) is 71.7 Å². The number of piperidine rings is 2. The van der Waals surface area contributed by atoms with Crippen molar-refractivity contribution in [3.05, 3.63) is 24.3 Å². The molecule has 1 aromatic rings. The molecule has 0 radical (unpaired) electrons. The molecule has 4 fully saturated rings. The minimum atomic E-state index is -0.399. The minimum absolute atomic E-state index is 0.181. The summed E-state index contributed by atoms with van der Waals surface area (Å²) < 4.78 is 0. The highest BCUT2D eigenvalue weighted by Crippen LogP contribution is 2.32. The van der Waals surface area contributed by atoms with Gasteiger partial charge in [-0.2, -0.15) is 0 Å². The summed E-state index contributed by atoms with van der Waals surface area (Å²) in [5.41, 5.74) is 0.985. The zero-order chi connectivity index (χ0) is 24.0. The first-order valence-electron chi connectivity index (χ1n) is 12.6. The van der Waals surface area contributed by atoms with Crippen molar-refractivity contribution >= 4 is 35.0 Å². The molecule has 1 aromatic carbocycles. The van der Waals surface area contributed by atoms with Crippen molar-refractivity contribution in [2.75, 3.05) is 36.0 Å². The average molecular weight is 467 g/mol. The molecule has 5 rings (SSSR count). The Morgan fingerprint density at radius 3 is 1.38 bits per heavy atom. The zero-order valence-corrected chi connectivity index (χ0v) is 20.1. The van der Waals surface area contributed by atoms with Crippen LogP contribution in [0, 0.1) is 11.8 Å². The Morgan fingerprint density at radius 1 is 0.647 bits per heavy atom. The second kappa shape index (κ2) is 9.23. The van der Waals surface area contributed by atoms with E-state index in [4.69, 9.17) is 0 Å². The van der Waals surface area contributed by atoms with Crippen LogP contribution in [0.1, 0.15) is 52.4 Å². The van der Waals surface area contributed by atoms with Gasteiger partial charge in [0.15, 0.2) is 0 Å². The molecule has 0 spiro atoms. The first-order chi connectivity index (χ1) is 16.3. The maximum Gasteiger partial charge on any atom is 0.251 e. The van der Waals surface area contributed by atoms with E-state index >= 15 is 0 Å². The van der Waals surface area contributed by atoms with Gasteiger partial charge < -0.3 is 0 Å². The summed E-state index contributed by atoms with van der Waals surface area (Å²) in [4.78, 5) is 58.6. The molecular weight excluding hydrogens is 432 g/mol. The Balaban J connectivity index is 1.30. The Hall–Kier alpha value is -2.58. The summed E-state index contributed by atoms with van der Waals surface area (Å²) in [6, 6.07) is 5.88. The molecule has 0 unspecified atom stereocenters. The predicted octanol–water partition coefficient (Wildman–Crippen LogP) is 2.41. The number of benzene rings is 1. The standard InChI is InChI=1S/C26H34N4O4/c1-17-5-3-11-27(15-17)21-13-23(31)29(25(21)33)19-7-9-20(10-8-19)30-24(32)14-22(26(30)34)28-12-4-6-18(2)16-28/h7-10,17-18,21-22H,3-6,11-16H2,1-2H3/t17-,18+,21-,22+. The summed E-state index contributed by atoms with van der Waals surface area (Å²) in [6.45, 7) is 7.73.